The minimum absolute atomic E-state index is 0.136. The maximum Gasteiger partial charge on any atom is 0.408 e. The summed E-state index contributed by atoms with van der Waals surface area (Å²) in [5, 5.41) is 13.2. The molecular weight excluding hydrogens is 465 g/mol. The van der Waals surface area contributed by atoms with Crippen molar-refractivity contribution in [1.29, 1.82) is 0 Å². The number of rotatable bonds is 9. The molecule has 2 aliphatic rings. The molecule has 0 heterocycles. The van der Waals surface area contributed by atoms with Crippen molar-refractivity contribution in [3.05, 3.63) is 59.7 Å². The van der Waals surface area contributed by atoms with E-state index in [4.69, 9.17) is 9.84 Å². The second-order valence-corrected chi connectivity index (χ2v) is 9.00. The summed E-state index contributed by atoms with van der Waals surface area (Å²) >= 11 is 0. The van der Waals surface area contributed by atoms with Gasteiger partial charge in [0.2, 0.25) is 5.91 Å². The van der Waals surface area contributed by atoms with Gasteiger partial charge in [-0.1, -0.05) is 48.5 Å². The number of amides is 2. The first kappa shape index (κ1) is 24.6. The fraction of sp³-hybridized carbons (Fsp3) is 0.400. The number of aliphatic carboxylic acids is 1. The summed E-state index contributed by atoms with van der Waals surface area (Å²) in [6.45, 7) is -0.136. The Balaban J connectivity index is 1.33. The summed E-state index contributed by atoms with van der Waals surface area (Å²) in [6, 6.07) is 12.9. The van der Waals surface area contributed by atoms with Crippen LogP contribution in [0.5, 0.6) is 0 Å². The molecule has 7 nitrogen and oxygen atoms in total. The molecule has 2 aromatic carbocycles. The summed E-state index contributed by atoms with van der Waals surface area (Å²) in [7, 11) is 0. The molecule has 2 aromatic rings. The molecule has 2 aliphatic carbocycles. The third-order valence-corrected chi connectivity index (χ3v) is 6.44. The van der Waals surface area contributed by atoms with Gasteiger partial charge >= 0.3 is 18.2 Å². The molecule has 1 saturated carbocycles. The fourth-order valence-corrected chi connectivity index (χ4v) is 4.52. The van der Waals surface area contributed by atoms with E-state index in [9.17, 15) is 27.6 Å². The highest BCUT2D eigenvalue weighted by Crippen LogP contribution is 2.44. The second-order valence-electron chi connectivity index (χ2n) is 9.00. The Morgan fingerprint density at radius 2 is 1.60 bits per heavy atom. The first-order chi connectivity index (χ1) is 16.6. The SMILES string of the molecule is O=C(O)CC1(NC(=O)CC[C@H](NC(=O)OCC2c3ccccc3-c3ccccc32)C(F)(F)F)CC1. The first-order valence-electron chi connectivity index (χ1n) is 11.3. The van der Waals surface area contributed by atoms with Gasteiger partial charge in [0.15, 0.2) is 0 Å². The summed E-state index contributed by atoms with van der Waals surface area (Å²) < 4.78 is 45.7. The molecule has 0 aliphatic heterocycles. The van der Waals surface area contributed by atoms with Crippen LogP contribution in [0.3, 0.4) is 0 Å². The number of carboxylic acid groups (broad SMARTS) is 1. The number of hydrogen-bond donors (Lipinski definition) is 3. The lowest BCUT2D eigenvalue weighted by atomic mass is 9.98. The predicted molar refractivity (Wildman–Crippen MR) is 120 cm³/mol. The van der Waals surface area contributed by atoms with Crippen LogP contribution in [-0.4, -0.2) is 47.4 Å². The molecule has 10 heteroatoms. The van der Waals surface area contributed by atoms with Gasteiger partial charge in [0.05, 0.1) is 12.0 Å². The maximum atomic E-state index is 13.5. The zero-order chi connectivity index (χ0) is 25.2. The van der Waals surface area contributed by atoms with Crippen molar-refractivity contribution in [1.82, 2.24) is 10.6 Å². The van der Waals surface area contributed by atoms with Crippen molar-refractivity contribution in [2.45, 2.75) is 55.8 Å². The number of carbonyl (C=O) groups excluding carboxylic acids is 2. The molecule has 2 amide bonds. The van der Waals surface area contributed by atoms with Gasteiger partial charge in [-0.25, -0.2) is 4.79 Å². The molecule has 0 saturated heterocycles. The Morgan fingerprint density at radius 3 is 2.11 bits per heavy atom. The van der Waals surface area contributed by atoms with Crippen molar-refractivity contribution in [3.8, 4) is 11.1 Å². The van der Waals surface area contributed by atoms with Crippen molar-refractivity contribution < 1.29 is 37.4 Å². The van der Waals surface area contributed by atoms with Crippen LogP contribution in [0.25, 0.3) is 11.1 Å². The van der Waals surface area contributed by atoms with Crippen LogP contribution in [0, 0.1) is 0 Å². The van der Waals surface area contributed by atoms with E-state index in [1.807, 2.05) is 53.8 Å². The highest BCUT2D eigenvalue weighted by molar-refractivity contribution is 5.80. The first-order valence-corrected chi connectivity index (χ1v) is 11.3. The summed E-state index contributed by atoms with van der Waals surface area (Å²) in [5.41, 5.74) is 2.97. The monoisotopic (exact) mass is 490 g/mol. The lowest BCUT2D eigenvalue weighted by molar-refractivity contribution is -0.156. The quantitative estimate of drug-likeness (QED) is 0.485. The van der Waals surface area contributed by atoms with Gasteiger partial charge in [-0.2, -0.15) is 13.2 Å². The van der Waals surface area contributed by atoms with Gasteiger partial charge in [0, 0.05) is 12.3 Å². The predicted octanol–water partition coefficient (Wildman–Crippen LogP) is 4.36. The number of hydrogen-bond acceptors (Lipinski definition) is 4. The average Bonchev–Trinajstić information content (AvgIpc) is 3.45. The number of carbonyl (C=O) groups is 3. The highest BCUT2D eigenvalue weighted by atomic mass is 19.4. The minimum atomic E-state index is -4.79. The van der Waals surface area contributed by atoms with Gasteiger partial charge < -0.3 is 20.5 Å². The van der Waals surface area contributed by atoms with Gasteiger partial charge in [-0.3, -0.25) is 9.59 Å². The number of alkyl carbamates (subject to hydrolysis) is 1. The summed E-state index contributed by atoms with van der Waals surface area (Å²) in [4.78, 5) is 35.3. The van der Waals surface area contributed by atoms with E-state index in [1.54, 1.807) is 0 Å². The molecule has 1 atom stereocenters. The van der Waals surface area contributed by atoms with Crippen LogP contribution < -0.4 is 10.6 Å². The third-order valence-electron chi connectivity index (χ3n) is 6.44. The number of nitrogens with one attached hydrogen (secondary N) is 2. The zero-order valence-corrected chi connectivity index (χ0v) is 18.7. The van der Waals surface area contributed by atoms with Gasteiger partial charge in [0.25, 0.3) is 0 Å². The smallest absolute Gasteiger partial charge is 0.408 e. The number of ether oxygens (including phenoxy) is 1. The molecule has 186 valence electrons. The van der Waals surface area contributed by atoms with Gasteiger partial charge in [0.1, 0.15) is 12.6 Å². The van der Waals surface area contributed by atoms with E-state index in [1.165, 1.54) is 0 Å². The van der Waals surface area contributed by atoms with Crippen molar-refractivity contribution in [2.75, 3.05) is 6.61 Å². The van der Waals surface area contributed by atoms with E-state index in [0.29, 0.717) is 12.8 Å². The maximum absolute atomic E-state index is 13.5. The van der Waals surface area contributed by atoms with E-state index in [0.717, 1.165) is 22.3 Å². The van der Waals surface area contributed by atoms with Gasteiger partial charge in [-0.05, 0) is 41.5 Å². The van der Waals surface area contributed by atoms with E-state index in [2.05, 4.69) is 5.32 Å². The Kier molecular flexibility index (Phi) is 6.73. The molecule has 0 unspecified atom stereocenters. The van der Waals surface area contributed by atoms with Crippen LogP contribution in [0.2, 0.25) is 0 Å². The van der Waals surface area contributed by atoms with Crippen molar-refractivity contribution in [3.63, 3.8) is 0 Å². The molecule has 0 aromatic heterocycles. The molecule has 1 fully saturated rings. The summed E-state index contributed by atoms with van der Waals surface area (Å²) in [5.74, 6) is -2.08. The number of fused-ring (bicyclic) bond motifs is 3. The molecule has 0 radical (unpaired) electrons. The van der Waals surface area contributed by atoms with Crippen LogP contribution in [-0.2, 0) is 14.3 Å². The second kappa shape index (κ2) is 9.59. The number of halogens is 3. The van der Waals surface area contributed by atoms with E-state index < -0.39 is 48.6 Å². The van der Waals surface area contributed by atoms with E-state index in [-0.39, 0.29) is 18.9 Å². The Labute approximate surface area is 199 Å². The van der Waals surface area contributed by atoms with Crippen molar-refractivity contribution >= 4 is 18.0 Å². The van der Waals surface area contributed by atoms with Crippen LogP contribution in [0.4, 0.5) is 18.0 Å². The fourth-order valence-electron chi connectivity index (χ4n) is 4.52. The Morgan fingerprint density at radius 1 is 1.03 bits per heavy atom. The normalized spacial score (nSPS) is 16.5. The average molecular weight is 490 g/mol. The Hall–Kier alpha value is -3.56. The topological polar surface area (TPSA) is 105 Å². The molecule has 0 spiro atoms. The zero-order valence-electron chi connectivity index (χ0n) is 18.7. The molecule has 4 rings (SSSR count). The molecular formula is C25H25F3N2O5. The highest BCUT2D eigenvalue weighted by Gasteiger charge is 2.46. The third kappa shape index (κ3) is 5.75. The lowest BCUT2D eigenvalue weighted by Crippen LogP contribution is -2.47. The summed E-state index contributed by atoms with van der Waals surface area (Å²) in [6.07, 6.45) is -6.57. The Bertz CT molecular complexity index is 1080. The standard InChI is InChI=1S/C25H25F3N2O5/c26-25(27,28)20(9-10-21(31)30-24(11-12-24)13-22(32)33)29-23(34)35-14-19-17-7-3-1-5-15(17)16-6-2-4-8-18(16)19/h1-8,19-20H,9-14H2,(H,29,34)(H,30,31)(H,32,33)/t20-/m0/s1. The largest absolute Gasteiger partial charge is 0.481 e. The van der Waals surface area contributed by atoms with E-state index >= 15 is 0 Å². The number of alkyl halides is 3. The lowest BCUT2D eigenvalue weighted by Gasteiger charge is -2.22. The minimum Gasteiger partial charge on any atom is -0.481 e. The van der Waals surface area contributed by atoms with Crippen molar-refractivity contribution in [2.24, 2.45) is 0 Å². The molecule has 0 bridgehead atoms. The van der Waals surface area contributed by atoms with Crippen LogP contribution in [0.15, 0.2) is 48.5 Å². The van der Waals surface area contributed by atoms with Crippen LogP contribution >= 0.6 is 0 Å². The van der Waals surface area contributed by atoms with Gasteiger partial charge in [-0.15, -0.1) is 0 Å². The van der Waals surface area contributed by atoms with Crippen LogP contribution in [0.1, 0.15) is 49.1 Å². The molecule has 3 N–H and O–H groups in total. The molecule has 35 heavy (non-hydrogen) atoms. The number of benzene rings is 2. The number of carboxylic acids is 1.